The number of aromatic hydroxyl groups is 1. The fourth-order valence-electron chi connectivity index (χ4n) is 2.35. The summed E-state index contributed by atoms with van der Waals surface area (Å²) in [5, 5.41) is 12.8. The molecule has 1 aliphatic rings. The molecule has 0 saturated carbocycles. The molecule has 3 nitrogen and oxygen atoms in total. The van der Waals surface area contributed by atoms with Crippen LogP contribution in [0.1, 0.15) is 12.5 Å². The van der Waals surface area contributed by atoms with Gasteiger partial charge in [-0.2, -0.15) is 11.8 Å². The molecule has 2 N–H and O–H groups in total. The highest BCUT2D eigenvalue weighted by Crippen LogP contribution is 2.11. The van der Waals surface area contributed by atoms with Crippen molar-refractivity contribution in [3.63, 3.8) is 0 Å². The van der Waals surface area contributed by atoms with Gasteiger partial charge < -0.3 is 15.3 Å². The molecule has 0 aliphatic carbocycles. The van der Waals surface area contributed by atoms with Gasteiger partial charge in [0.15, 0.2) is 0 Å². The van der Waals surface area contributed by atoms with Crippen molar-refractivity contribution >= 4 is 11.8 Å². The van der Waals surface area contributed by atoms with Crippen LogP contribution in [-0.4, -0.2) is 53.7 Å². The average Bonchev–Trinajstić information content (AvgIpc) is 2.43. The van der Waals surface area contributed by atoms with Gasteiger partial charge in [0, 0.05) is 43.7 Å². The second-order valence-electron chi connectivity index (χ2n) is 5.18. The van der Waals surface area contributed by atoms with Crippen LogP contribution in [0.25, 0.3) is 0 Å². The standard InChI is InChI=1S/C15H24N2OS/c1-13(12-14-2-4-15(18)5-3-14)16-6-7-17-8-10-19-11-9-17/h2-5,13,16,18H,6-12H2,1H3. The first kappa shape index (κ1) is 14.7. The largest absolute Gasteiger partial charge is 0.508 e. The molecule has 0 spiro atoms. The van der Waals surface area contributed by atoms with Gasteiger partial charge in [-0.3, -0.25) is 0 Å². The maximum absolute atomic E-state index is 9.25. The third-order valence-corrected chi connectivity index (χ3v) is 4.45. The van der Waals surface area contributed by atoms with Gasteiger partial charge in [0.1, 0.15) is 5.75 Å². The molecular weight excluding hydrogens is 256 g/mol. The Morgan fingerprint density at radius 1 is 1.26 bits per heavy atom. The summed E-state index contributed by atoms with van der Waals surface area (Å²) in [5.41, 5.74) is 1.27. The van der Waals surface area contributed by atoms with Crippen molar-refractivity contribution < 1.29 is 5.11 Å². The van der Waals surface area contributed by atoms with Crippen LogP contribution in [0.3, 0.4) is 0 Å². The van der Waals surface area contributed by atoms with Crippen molar-refractivity contribution in [2.45, 2.75) is 19.4 Å². The molecule has 19 heavy (non-hydrogen) atoms. The first-order chi connectivity index (χ1) is 9.24. The third-order valence-electron chi connectivity index (χ3n) is 3.50. The van der Waals surface area contributed by atoms with Crippen LogP contribution >= 0.6 is 11.8 Å². The van der Waals surface area contributed by atoms with Gasteiger partial charge in [0.25, 0.3) is 0 Å². The minimum absolute atomic E-state index is 0.340. The molecule has 1 fully saturated rings. The Morgan fingerprint density at radius 3 is 2.63 bits per heavy atom. The number of benzene rings is 1. The summed E-state index contributed by atoms with van der Waals surface area (Å²) in [4.78, 5) is 2.54. The Morgan fingerprint density at radius 2 is 1.95 bits per heavy atom. The molecule has 1 aromatic carbocycles. The molecule has 0 aromatic heterocycles. The minimum Gasteiger partial charge on any atom is -0.508 e. The highest BCUT2D eigenvalue weighted by molar-refractivity contribution is 7.99. The summed E-state index contributed by atoms with van der Waals surface area (Å²) >= 11 is 2.06. The van der Waals surface area contributed by atoms with Gasteiger partial charge in [-0.15, -0.1) is 0 Å². The van der Waals surface area contributed by atoms with Gasteiger partial charge in [0.2, 0.25) is 0 Å². The van der Waals surface area contributed by atoms with E-state index in [1.54, 1.807) is 12.1 Å². The molecule has 0 radical (unpaired) electrons. The second kappa shape index (κ2) is 7.78. The maximum atomic E-state index is 9.25. The molecule has 0 bridgehead atoms. The Kier molecular flexibility index (Phi) is 6.01. The minimum atomic E-state index is 0.340. The van der Waals surface area contributed by atoms with Crippen LogP contribution in [0.2, 0.25) is 0 Å². The number of nitrogens with one attached hydrogen (secondary N) is 1. The summed E-state index contributed by atoms with van der Waals surface area (Å²) in [5.74, 6) is 2.90. The van der Waals surface area contributed by atoms with E-state index in [1.807, 2.05) is 12.1 Å². The van der Waals surface area contributed by atoms with Gasteiger partial charge in [0.05, 0.1) is 0 Å². The number of nitrogens with zero attached hydrogens (tertiary/aromatic N) is 1. The van der Waals surface area contributed by atoms with E-state index in [0.29, 0.717) is 11.8 Å². The first-order valence-electron chi connectivity index (χ1n) is 7.05. The molecule has 1 aliphatic heterocycles. The Balaban J connectivity index is 1.63. The van der Waals surface area contributed by atoms with E-state index in [9.17, 15) is 5.11 Å². The van der Waals surface area contributed by atoms with E-state index in [2.05, 4.69) is 28.9 Å². The molecule has 1 atom stereocenters. The Bertz CT molecular complexity index is 363. The van der Waals surface area contributed by atoms with E-state index in [1.165, 1.54) is 30.2 Å². The summed E-state index contributed by atoms with van der Waals surface area (Å²) in [6.45, 7) is 6.90. The molecule has 1 unspecified atom stereocenters. The lowest BCUT2D eigenvalue weighted by molar-refractivity contribution is 0.296. The van der Waals surface area contributed by atoms with Crippen molar-refractivity contribution in [1.82, 2.24) is 10.2 Å². The van der Waals surface area contributed by atoms with E-state index in [4.69, 9.17) is 0 Å². The van der Waals surface area contributed by atoms with Crippen LogP contribution in [0.5, 0.6) is 5.75 Å². The van der Waals surface area contributed by atoms with Crippen molar-refractivity contribution in [3.8, 4) is 5.75 Å². The third kappa shape index (κ3) is 5.43. The lowest BCUT2D eigenvalue weighted by Gasteiger charge is -2.26. The average molecular weight is 280 g/mol. The lowest BCUT2D eigenvalue weighted by atomic mass is 10.1. The smallest absolute Gasteiger partial charge is 0.115 e. The van der Waals surface area contributed by atoms with Crippen LogP contribution in [-0.2, 0) is 6.42 Å². The molecule has 1 saturated heterocycles. The highest BCUT2D eigenvalue weighted by atomic mass is 32.2. The fourth-order valence-corrected chi connectivity index (χ4v) is 3.33. The first-order valence-corrected chi connectivity index (χ1v) is 8.21. The molecule has 2 rings (SSSR count). The summed E-state index contributed by atoms with van der Waals surface area (Å²) in [6.07, 6.45) is 1.01. The van der Waals surface area contributed by atoms with Crippen molar-refractivity contribution in [1.29, 1.82) is 0 Å². The van der Waals surface area contributed by atoms with Crippen molar-refractivity contribution in [3.05, 3.63) is 29.8 Å². The maximum Gasteiger partial charge on any atom is 0.115 e. The summed E-state index contributed by atoms with van der Waals surface area (Å²) < 4.78 is 0. The van der Waals surface area contributed by atoms with Gasteiger partial charge in [-0.25, -0.2) is 0 Å². The SMILES string of the molecule is CC(Cc1ccc(O)cc1)NCCN1CCSCC1. The van der Waals surface area contributed by atoms with Gasteiger partial charge >= 0.3 is 0 Å². The Labute approximate surface area is 120 Å². The fraction of sp³-hybridized carbons (Fsp3) is 0.600. The molecule has 106 valence electrons. The topological polar surface area (TPSA) is 35.5 Å². The molecular formula is C15H24N2OS. The zero-order valence-electron chi connectivity index (χ0n) is 11.6. The van der Waals surface area contributed by atoms with E-state index in [-0.39, 0.29) is 0 Å². The van der Waals surface area contributed by atoms with Crippen LogP contribution < -0.4 is 5.32 Å². The van der Waals surface area contributed by atoms with Gasteiger partial charge in [-0.1, -0.05) is 12.1 Å². The van der Waals surface area contributed by atoms with Gasteiger partial charge in [-0.05, 0) is 31.0 Å². The van der Waals surface area contributed by atoms with E-state index >= 15 is 0 Å². The zero-order chi connectivity index (χ0) is 13.5. The molecule has 0 amide bonds. The summed E-state index contributed by atoms with van der Waals surface area (Å²) in [7, 11) is 0. The number of hydrogen-bond acceptors (Lipinski definition) is 4. The number of rotatable bonds is 6. The molecule has 1 aromatic rings. The zero-order valence-corrected chi connectivity index (χ0v) is 12.5. The van der Waals surface area contributed by atoms with E-state index < -0.39 is 0 Å². The number of thioether (sulfide) groups is 1. The number of hydrogen-bond donors (Lipinski definition) is 2. The quantitative estimate of drug-likeness (QED) is 0.835. The van der Waals surface area contributed by atoms with E-state index in [0.717, 1.165) is 19.5 Å². The van der Waals surface area contributed by atoms with Crippen molar-refractivity contribution in [2.75, 3.05) is 37.7 Å². The van der Waals surface area contributed by atoms with Crippen LogP contribution in [0.15, 0.2) is 24.3 Å². The monoisotopic (exact) mass is 280 g/mol. The number of phenolic OH excluding ortho intramolecular Hbond substituents is 1. The van der Waals surface area contributed by atoms with Crippen LogP contribution in [0, 0.1) is 0 Å². The Hall–Kier alpha value is -0.710. The van der Waals surface area contributed by atoms with Crippen molar-refractivity contribution in [2.24, 2.45) is 0 Å². The predicted molar refractivity (Wildman–Crippen MR) is 83.0 cm³/mol. The molecule has 4 heteroatoms. The predicted octanol–water partition coefficient (Wildman–Crippen LogP) is 1.96. The second-order valence-corrected chi connectivity index (χ2v) is 6.40. The normalized spacial score (nSPS) is 18.4. The highest BCUT2D eigenvalue weighted by Gasteiger charge is 2.10. The lowest BCUT2D eigenvalue weighted by Crippen LogP contribution is -2.40. The van der Waals surface area contributed by atoms with Crippen LogP contribution in [0.4, 0.5) is 0 Å². The summed E-state index contributed by atoms with van der Waals surface area (Å²) in [6, 6.07) is 7.98. The molecule has 1 heterocycles. The number of phenols is 1.